The highest BCUT2D eigenvalue weighted by Crippen LogP contribution is 2.36. The first-order valence-corrected chi connectivity index (χ1v) is 8.17. The van der Waals surface area contributed by atoms with Gasteiger partial charge in [0.05, 0.1) is 24.8 Å². The Morgan fingerprint density at radius 1 is 1.13 bits per heavy atom. The van der Waals surface area contributed by atoms with Crippen molar-refractivity contribution in [3.8, 4) is 11.5 Å². The summed E-state index contributed by atoms with van der Waals surface area (Å²) in [6.45, 7) is 4.96. The molecule has 5 heteroatoms. The summed E-state index contributed by atoms with van der Waals surface area (Å²) in [7, 11) is 0. The van der Waals surface area contributed by atoms with Gasteiger partial charge in [-0.15, -0.1) is 0 Å². The van der Waals surface area contributed by atoms with Gasteiger partial charge in [-0.1, -0.05) is 12.2 Å². The van der Waals surface area contributed by atoms with Gasteiger partial charge in [0.25, 0.3) is 5.91 Å². The minimum absolute atomic E-state index is 0.0142. The van der Waals surface area contributed by atoms with E-state index >= 15 is 0 Å². The lowest BCUT2D eigenvalue weighted by molar-refractivity contribution is -0.123. The molecule has 1 aromatic carbocycles. The Morgan fingerprint density at radius 3 is 2.65 bits per heavy atom. The van der Waals surface area contributed by atoms with Crippen LogP contribution in [0.15, 0.2) is 35.5 Å². The summed E-state index contributed by atoms with van der Waals surface area (Å²) in [5.74, 6) is 1.58. The number of ether oxygens (including phenoxy) is 2. The van der Waals surface area contributed by atoms with Crippen molar-refractivity contribution >= 4 is 17.8 Å². The molecule has 0 bridgehead atoms. The predicted molar refractivity (Wildman–Crippen MR) is 90.1 cm³/mol. The first kappa shape index (κ1) is 15.6. The molecule has 0 fully saturated rings. The summed E-state index contributed by atoms with van der Waals surface area (Å²) in [5.41, 5.74) is 0.714. The van der Waals surface area contributed by atoms with Gasteiger partial charge in [0, 0.05) is 18.2 Å². The Labute approximate surface area is 136 Å². The van der Waals surface area contributed by atoms with Crippen molar-refractivity contribution in [2.45, 2.75) is 26.7 Å². The first-order valence-electron chi connectivity index (χ1n) is 8.17. The molecule has 0 saturated carbocycles. The van der Waals surface area contributed by atoms with Crippen LogP contribution in [0.5, 0.6) is 11.5 Å². The predicted octanol–water partition coefficient (Wildman–Crippen LogP) is 3.40. The average Bonchev–Trinajstić information content (AvgIpc) is 2.58. The highest BCUT2D eigenvalue weighted by Gasteiger charge is 2.35. The van der Waals surface area contributed by atoms with E-state index in [0.29, 0.717) is 30.4 Å². The molecule has 0 aromatic heterocycles. The maximum atomic E-state index is 12.7. The second kappa shape index (κ2) is 6.86. The first-order chi connectivity index (χ1) is 11.2. The van der Waals surface area contributed by atoms with Crippen LogP contribution in [0.2, 0.25) is 0 Å². The number of benzene rings is 1. The quantitative estimate of drug-likeness (QED) is 0.783. The van der Waals surface area contributed by atoms with Gasteiger partial charge in [0.15, 0.2) is 11.5 Å². The molecule has 1 aliphatic carbocycles. The van der Waals surface area contributed by atoms with Crippen molar-refractivity contribution in [3.05, 3.63) is 30.4 Å². The Morgan fingerprint density at radius 2 is 1.87 bits per heavy atom. The van der Waals surface area contributed by atoms with Crippen LogP contribution >= 0.6 is 0 Å². The van der Waals surface area contributed by atoms with Crippen molar-refractivity contribution in [1.82, 2.24) is 0 Å². The van der Waals surface area contributed by atoms with Gasteiger partial charge in [0.1, 0.15) is 0 Å². The smallest absolute Gasteiger partial charge is 0.251 e. The van der Waals surface area contributed by atoms with E-state index in [1.807, 2.05) is 38.3 Å². The lowest BCUT2D eigenvalue weighted by atomic mass is 9.82. The fourth-order valence-electron chi connectivity index (χ4n) is 3.02. The van der Waals surface area contributed by atoms with E-state index in [2.05, 4.69) is 17.3 Å². The van der Waals surface area contributed by atoms with Crippen LogP contribution in [0.4, 0.5) is 5.69 Å². The molecule has 1 amide bonds. The normalized spacial score (nSPS) is 22.9. The molecule has 122 valence electrons. The summed E-state index contributed by atoms with van der Waals surface area (Å²) in [6, 6.07) is 5.50. The number of carbonyl (C=O) groups is 1. The lowest BCUT2D eigenvalue weighted by Gasteiger charge is -2.32. The largest absolute Gasteiger partial charge is 0.490 e. The maximum absolute atomic E-state index is 12.7. The summed E-state index contributed by atoms with van der Waals surface area (Å²) in [6.07, 6.45) is 7.77. The number of nitrogens with zero attached hydrogens (tertiary/aromatic N) is 2. The summed E-state index contributed by atoms with van der Waals surface area (Å²) < 4.78 is 11.2. The van der Waals surface area contributed by atoms with Gasteiger partial charge >= 0.3 is 0 Å². The summed E-state index contributed by atoms with van der Waals surface area (Å²) in [5, 5.41) is 5.86. The number of anilines is 1. The van der Waals surface area contributed by atoms with E-state index < -0.39 is 0 Å². The molecule has 3 rings (SSSR count). The zero-order valence-corrected chi connectivity index (χ0v) is 13.6. The van der Waals surface area contributed by atoms with E-state index in [0.717, 1.165) is 12.8 Å². The fraction of sp³-hybridized carbons (Fsp3) is 0.444. The second-order valence-corrected chi connectivity index (χ2v) is 5.62. The van der Waals surface area contributed by atoms with Crippen LogP contribution in [0, 0.1) is 11.8 Å². The topological polar surface area (TPSA) is 51.1 Å². The van der Waals surface area contributed by atoms with E-state index in [9.17, 15) is 4.79 Å². The molecule has 1 aliphatic heterocycles. The second-order valence-electron chi connectivity index (χ2n) is 5.62. The van der Waals surface area contributed by atoms with Crippen molar-refractivity contribution in [2.75, 3.05) is 18.2 Å². The van der Waals surface area contributed by atoms with Gasteiger partial charge in [-0.05, 0) is 38.8 Å². The maximum Gasteiger partial charge on any atom is 0.251 e. The third kappa shape index (κ3) is 3.09. The monoisotopic (exact) mass is 314 g/mol. The van der Waals surface area contributed by atoms with E-state index in [1.54, 1.807) is 0 Å². The van der Waals surface area contributed by atoms with E-state index in [4.69, 9.17) is 9.47 Å². The van der Waals surface area contributed by atoms with E-state index in [1.165, 1.54) is 5.01 Å². The molecular weight excluding hydrogens is 292 g/mol. The Balaban J connectivity index is 1.89. The third-order valence-electron chi connectivity index (χ3n) is 4.15. The van der Waals surface area contributed by atoms with Gasteiger partial charge in [-0.3, -0.25) is 4.79 Å². The van der Waals surface area contributed by atoms with Gasteiger partial charge < -0.3 is 9.47 Å². The molecule has 5 nitrogen and oxygen atoms in total. The van der Waals surface area contributed by atoms with Crippen LogP contribution in [0.25, 0.3) is 0 Å². The Hall–Kier alpha value is -2.30. The van der Waals surface area contributed by atoms with Gasteiger partial charge in [-0.2, -0.15) is 5.10 Å². The van der Waals surface area contributed by atoms with Crippen molar-refractivity contribution < 1.29 is 14.3 Å². The minimum Gasteiger partial charge on any atom is -0.490 e. The molecule has 23 heavy (non-hydrogen) atoms. The van der Waals surface area contributed by atoms with Crippen LogP contribution in [0.1, 0.15) is 26.7 Å². The number of hydrazone groups is 1. The van der Waals surface area contributed by atoms with Crippen molar-refractivity contribution in [1.29, 1.82) is 0 Å². The Bertz CT molecular complexity index is 639. The number of hydrogen-bond donors (Lipinski definition) is 0. The zero-order chi connectivity index (χ0) is 16.2. The SMILES string of the molecule is CCOc1ccc(N2N=CC3CC=CCC3C2=O)cc1OCC. The molecule has 2 atom stereocenters. The van der Waals surface area contributed by atoms with Crippen molar-refractivity contribution in [3.63, 3.8) is 0 Å². The standard InChI is InChI=1S/C18H22N2O3/c1-3-22-16-10-9-14(11-17(16)23-4-2)20-18(21)15-8-6-5-7-13(15)12-19-20/h5-6,9-13,15H,3-4,7-8H2,1-2H3. The molecule has 1 aromatic rings. The highest BCUT2D eigenvalue weighted by atomic mass is 16.5. The lowest BCUT2D eigenvalue weighted by Crippen LogP contribution is -2.41. The number of rotatable bonds is 5. The summed E-state index contributed by atoms with van der Waals surface area (Å²) >= 11 is 0. The molecule has 0 radical (unpaired) electrons. The number of amides is 1. The van der Waals surface area contributed by atoms with Crippen LogP contribution in [0.3, 0.4) is 0 Å². The number of hydrogen-bond acceptors (Lipinski definition) is 4. The Kier molecular flexibility index (Phi) is 4.65. The van der Waals surface area contributed by atoms with Crippen LogP contribution < -0.4 is 14.5 Å². The minimum atomic E-state index is -0.0142. The third-order valence-corrected chi connectivity index (χ3v) is 4.15. The van der Waals surface area contributed by atoms with E-state index in [-0.39, 0.29) is 17.7 Å². The number of carbonyl (C=O) groups excluding carboxylic acids is 1. The summed E-state index contributed by atoms with van der Waals surface area (Å²) in [4.78, 5) is 12.7. The van der Waals surface area contributed by atoms with Gasteiger partial charge in [0.2, 0.25) is 0 Å². The molecule has 0 saturated heterocycles. The van der Waals surface area contributed by atoms with Crippen LogP contribution in [-0.2, 0) is 4.79 Å². The zero-order valence-electron chi connectivity index (χ0n) is 13.6. The molecule has 1 heterocycles. The van der Waals surface area contributed by atoms with Gasteiger partial charge in [-0.25, -0.2) is 5.01 Å². The average molecular weight is 314 g/mol. The molecular formula is C18H22N2O3. The number of allylic oxidation sites excluding steroid dienone is 2. The molecule has 2 unspecified atom stereocenters. The molecule has 2 aliphatic rings. The van der Waals surface area contributed by atoms with Crippen LogP contribution in [-0.4, -0.2) is 25.3 Å². The molecule has 0 N–H and O–H groups in total. The number of fused-ring (bicyclic) bond motifs is 1. The van der Waals surface area contributed by atoms with Crippen molar-refractivity contribution in [2.24, 2.45) is 16.9 Å². The fourth-order valence-corrected chi connectivity index (χ4v) is 3.02. The molecule has 0 spiro atoms. The highest BCUT2D eigenvalue weighted by molar-refractivity contribution is 5.99.